The Balaban J connectivity index is 1.79. The van der Waals surface area contributed by atoms with Crippen molar-refractivity contribution >= 4 is 17.4 Å². The number of carbonyl (C=O) groups is 1. The first-order chi connectivity index (χ1) is 11.5. The minimum atomic E-state index is -1.11. The summed E-state index contributed by atoms with van der Waals surface area (Å²) in [6.45, 7) is 5.90. The van der Waals surface area contributed by atoms with Crippen molar-refractivity contribution in [3.63, 3.8) is 0 Å². The number of hydrogen-bond donors (Lipinski definition) is 3. The van der Waals surface area contributed by atoms with E-state index in [4.69, 9.17) is 11.6 Å². The number of allylic oxidation sites excluding steroid dienone is 3. The zero-order valence-electron chi connectivity index (χ0n) is 15.0. The van der Waals surface area contributed by atoms with Crippen LogP contribution in [0.25, 0.3) is 0 Å². The fourth-order valence-corrected chi connectivity index (χ4v) is 6.97. The lowest BCUT2D eigenvalue weighted by atomic mass is 9.47. The van der Waals surface area contributed by atoms with Gasteiger partial charge in [0.05, 0.1) is 22.8 Å². The first-order valence-corrected chi connectivity index (χ1v) is 9.64. The number of rotatable bonds is 0. The second-order valence-electron chi connectivity index (χ2n) is 9.19. The second kappa shape index (κ2) is 5.19. The van der Waals surface area contributed by atoms with Crippen LogP contribution in [-0.4, -0.2) is 38.9 Å². The van der Waals surface area contributed by atoms with Gasteiger partial charge in [0.2, 0.25) is 0 Å². The lowest BCUT2D eigenvalue weighted by Crippen LogP contribution is -2.56. The first-order valence-electron chi connectivity index (χ1n) is 9.26. The predicted octanol–water partition coefficient (Wildman–Crippen LogP) is 2.55. The summed E-state index contributed by atoms with van der Waals surface area (Å²) < 4.78 is 0. The number of aliphatic hydroxyl groups is 3. The van der Waals surface area contributed by atoms with Crippen LogP contribution in [0.4, 0.5) is 0 Å². The molecule has 0 aromatic rings. The summed E-state index contributed by atoms with van der Waals surface area (Å²) in [7, 11) is 0. The van der Waals surface area contributed by atoms with Gasteiger partial charge in [-0.3, -0.25) is 4.79 Å². The molecule has 0 aliphatic heterocycles. The predicted molar refractivity (Wildman–Crippen MR) is 94.8 cm³/mol. The largest absolute Gasteiger partial charge is 0.390 e. The Morgan fingerprint density at radius 3 is 2.52 bits per heavy atom. The minimum Gasteiger partial charge on any atom is -0.390 e. The van der Waals surface area contributed by atoms with E-state index >= 15 is 0 Å². The zero-order valence-corrected chi connectivity index (χ0v) is 15.8. The molecule has 0 amide bonds. The van der Waals surface area contributed by atoms with Crippen molar-refractivity contribution in [2.24, 2.45) is 28.6 Å². The molecule has 8 atom stereocenters. The molecule has 0 unspecified atom stereocenters. The molecule has 4 aliphatic carbocycles. The Bertz CT molecular complexity index is 696. The van der Waals surface area contributed by atoms with Crippen molar-refractivity contribution in [2.45, 2.75) is 64.3 Å². The maximum Gasteiger partial charge on any atom is 0.196 e. The third-order valence-electron chi connectivity index (χ3n) is 8.32. The first kappa shape index (κ1) is 17.7. The highest BCUT2D eigenvalue weighted by Crippen LogP contribution is 2.67. The number of halogens is 1. The van der Waals surface area contributed by atoms with E-state index in [0.717, 1.165) is 12.8 Å². The molecule has 4 rings (SSSR count). The van der Waals surface area contributed by atoms with Crippen LogP contribution in [0, 0.1) is 28.6 Å². The van der Waals surface area contributed by atoms with Gasteiger partial charge in [0.15, 0.2) is 5.78 Å². The van der Waals surface area contributed by atoms with Crippen molar-refractivity contribution in [3.8, 4) is 0 Å². The van der Waals surface area contributed by atoms with Crippen molar-refractivity contribution in [1.29, 1.82) is 0 Å². The van der Waals surface area contributed by atoms with Gasteiger partial charge in [0, 0.05) is 10.8 Å². The number of hydrogen-bond acceptors (Lipinski definition) is 4. The van der Waals surface area contributed by atoms with Crippen molar-refractivity contribution in [3.05, 3.63) is 22.8 Å². The summed E-state index contributed by atoms with van der Waals surface area (Å²) >= 11 is 6.30. The quantitative estimate of drug-likeness (QED) is 0.615. The molecular weight excluding hydrogens is 340 g/mol. The molecule has 5 heteroatoms. The van der Waals surface area contributed by atoms with Crippen molar-refractivity contribution in [2.75, 3.05) is 0 Å². The Kier molecular flexibility index (Phi) is 3.68. The van der Waals surface area contributed by atoms with Gasteiger partial charge in [-0.1, -0.05) is 31.5 Å². The fourth-order valence-electron chi connectivity index (χ4n) is 6.58. The second-order valence-corrected chi connectivity index (χ2v) is 9.57. The van der Waals surface area contributed by atoms with E-state index in [-0.39, 0.29) is 34.0 Å². The molecule has 0 heterocycles. The van der Waals surface area contributed by atoms with Crippen LogP contribution in [0.5, 0.6) is 0 Å². The van der Waals surface area contributed by atoms with Crippen molar-refractivity contribution in [1.82, 2.24) is 0 Å². The standard InChI is InChI=1S/C20H27ClO4/c1-18-6-5-13(22)17(21)16(18)14(23)8-10-11(18)4-7-19(2)12(10)9-15(24)20(19,3)25/h5-6,10-12,14-15,23-25H,4,7-9H2,1-3H3/t10-,11+,12+,14-,15+,18-,19+,20+/m1/s1. The summed E-state index contributed by atoms with van der Waals surface area (Å²) in [6.07, 6.45) is 4.76. The van der Waals surface area contributed by atoms with Gasteiger partial charge in [-0.2, -0.15) is 0 Å². The number of aliphatic hydroxyl groups excluding tert-OH is 2. The highest BCUT2D eigenvalue weighted by atomic mass is 35.5. The highest BCUT2D eigenvalue weighted by Gasteiger charge is 2.66. The van der Waals surface area contributed by atoms with E-state index in [9.17, 15) is 20.1 Å². The maximum absolute atomic E-state index is 12.0. The van der Waals surface area contributed by atoms with Crippen LogP contribution >= 0.6 is 11.6 Å². The van der Waals surface area contributed by atoms with E-state index in [0.29, 0.717) is 18.4 Å². The van der Waals surface area contributed by atoms with Gasteiger partial charge in [-0.05, 0) is 62.0 Å². The summed E-state index contributed by atoms with van der Waals surface area (Å²) in [5.74, 6) is 0.359. The number of ketones is 1. The van der Waals surface area contributed by atoms with Crippen LogP contribution in [0.2, 0.25) is 0 Å². The average molecular weight is 367 g/mol. The maximum atomic E-state index is 12.0. The molecule has 25 heavy (non-hydrogen) atoms. The molecule has 0 bridgehead atoms. The van der Waals surface area contributed by atoms with E-state index in [2.05, 4.69) is 13.8 Å². The SMILES string of the molecule is C[C@]12C=CC(=O)C(Cl)=C1[C@H](O)C[C@@H]1[C@@H]2CC[C@@]2(C)[C@H]1C[C@H](O)[C@]2(C)O. The minimum absolute atomic E-state index is 0.147. The van der Waals surface area contributed by atoms with Crippen LogP contribution < -0.4 is 0 Å². The van der Waals surface area contributed by atoms with E-state index in [1.807, 2.05) is 6.08 Å². The van der Waals surface area contributed by atoms with Crippen molar-refractivity contribution < 1.29 is 20.1 Å². The summed E-state index contributed by atoms with van der Waals surface area (Å²) in [6, 6.07) is 0. The molecule has 0 spiro atoms. The molecule has 0 radical (unpaired) electrons. The Hall–Kier alpha value is -0.680. The third kappa shape index (κ3) is 2.03. The normalized spacial score (nSPS) is 55.0. The van der Waals surface area contributed by atoms with Crippen LogP contribution in [0.15, 0.2) is 22.8 Å². The molecule has 4 aliphatic rings. The van der Waals surface area contributed by atoms with E-state index in [1.165, 1.54) is 6.08 Å². The Labute approximate surface area is 153 Å². The van der Waals surface area contributed by atoms with Gasteiger partial charge in [0.25, 0.3) is 0 Å². The van der Waals surface area contributed by atoms with Crippen LogP contribution in [-0.2, 0) is 4.79 Å². The Morgan fingerprint density at radius 1 is 1.16 bits per heavy atom. The summed E-state index contributed by atoms with van der Waals surface area (Å²) in [4.78, 5) is 12.0. The average Bonchev–Trinajstić information content (AvgIpc) is 2.71. The molecule has 0 aromatic heterocycles. The number of carbonyl (C=O) groups excluding carboxylic acids is 1. The van der Waals surface area contributed by atoms with Gasteiger partial charge in [-0.15, -0.1) is 0 Å². The topological polar surface area (TPSA) is 77.8 Å². The third-order valence-corrected chi connectivity index (χ3v) is 8.71. The van der Waals surface area contributed by atoms with Crippen LogP contribution in [0.1, 0.15) is 46.5 Å². The van der Waals surface area contributed by atoms with Gasteiger partial charge in [0.1, 0.15) is 0 Å². The number of fused-ring (bicyclic) bond motifs is 5. The van der Waals surface area contributed by atoms with E-state index in [1.54, 1.807) is 6.92 Å². The zero-order chi connectivity index (χ0) is 18.4. The summed E-state index contributed by atoms with van der Waals surface area (Å²) in [5, 5.41) is 32.4. The van der Waals surface area contributed by atoms with Gasteiger partial charge in [-0.25, -0.2) is 0 Å². The molecule has 3 saturated carbocycles. The molecule has 0 aromatic carbocycles. The highest BCUT2D eigenvalue weighted by molar-refractivity contribution is 6.45. The summed E-state index contributed by atoms with van der Waals surface area (Å²) in [5.41, 5.74) is -1.24. The smallest absolute Gasteiger partial charge is 0.196 e. The van der Waals surface area contributed by atoms with E-state index < -0.39 is 23.2 Å². The monoisotopic (exact) mass is 366 g/mol. The molecular formula is C20H27ClO4. The van der Waals surface area contributed by atoms with Gasteiger partial charge >= 0.3 is 0 Å². The molecule has 138 valence electrons. The van der Waals surface area contributed by atoms with Gasteiger partial charge < -0.3 is 15.3 Å². The lowest BCUT2D eigenvalue weighted by Gasteiger charge is -2.58. The molecule has 0 saturated heterocycles. The fraction of sp³-hybridized carbons (Fsp3) is 0.750. The Morgan fingerprint density at radius 2 is 1.84 bits per heavy atom. The lowest BCUT2D eigenvalue weighted by molar-refractivity contribution is -0.144. The van der Waals surface area contributed by atoms with Crippen LogP contribution in [0.3, 0.4) is 0 Å². The molecule has 3 fully saturated rings. The molecule has 4 nitrogen and oxygen atoms in total. The molecule has 3 N–H and O–H groups in total.